The van der Waals surface area contributed by atoms with Crippen LogP contribution in [0.4, 0.5) is 0 Å². The Labute approximate surface area is 180 Å². The van der Waals surface area contributed by atoms with Gasteiger partial charge in [0.15, 0.2) is 0 Å². The van der Waals surface area contributed by atoms with E-state index in [1.54, 1.807) is 27.7 Å². The van der Waals surface area contributed by atoms with E-state index in [1.807, 2.05) is 0 Å². The van der Waals surface area contributed by atoms with Gasteiger partial charge < -0.3 is 37.0 Å². The highest BCUT2D eigenvalue weighted by Gasteiger charge is 2.33. The van der Waals surface area contributed by atoms with Crippen molar-refractivity contribution in [3.05, 3.63) is 0 Å². The zero-order chi connectivity index (χ0) is 24.5. The Hall–Kier alpha value is -2.73. The number of carboxylic acid groups (broad SMARTS) is 2. The Morgan fingerprint density at radius 3 is 1.68 bits per heavy atom. The number of aliphatic hydroxyl groups is 1. The highest BCUT2D eigenvalue weighted by atomic mass is 16.4. The number of carbonyl (C=O) groups excluding carboxylic acids is 3. The number of aliphatic carboxylic acids is 2. The van der Waals surface area contributed by atoms with Gasteiger partial charge in [-0.25, -0.2) is 4.79 Å². The molecule has 0 saturated heterocycles. The normalized spacial score (nSPS) is 16.0. The molecule has 178 valence electrons. The zero-order valence-electron chi connectivity index (χ0n) is 18.4. The standard InChI is InChI=1S/C19H34N4O8/c1-8(2)6-11(17(28)23-15(9(3)4)19(30)31)21-16(27)12(7-13(25)26)22-18(29)14(20)10(5)24/h8-12,14-15,24H,6-7,20H2,1-5H3,(H,21,27)(H,22,29)(H,23,28)(H,25,26)(H,30,31). The van der Waals surface area contributed by atoms with E-state index in [1.165, 1.54) is 6.92 Å². The van der Waals surface area contributed by atoms with Crippen LogP contribution in [-0.2, 0) is 24.0 Å². The smallest absolute Gasteiger partial charge is 0.326 e. The molecule has 0 aliphatic heterocycles. The molecule has 0 fully saturated rings. The number of aliphatic hydroxyl groups excluding tert-OH is 1. The lowest BCUT2D eigenvalue weighted by Gasteiger charge is -2.26. The molecular weight excluding hydrogens is 412 g/mol. The minimum absolute atomic E-state index is 0.0745. The van der Waals surface area contributed by atoms with E-state index in [-0.39, 0.29) is 12.3 Å². The molecule has 0 aliphatic carbocycles. The Morgan fingerprint density at radius 1 is 0.806 bits per heavy atom. The quantitative estimate of drug-likeness (QED) is 0.174. The molecule has 0 aromatic carbocycles. The van der Waals surface area contributed by atoms with Crippen molar-refractivity contribution in [2.45, 2.75) is 77.7 Å². The van der Waals surface area contributed by atoms with Gasteiger partial charge in [0.1, 0.15) is 24.2 Å². The van der Waals surface area contributed by atoms with Gasteiger partial charge in [0.2, 0.25) is 17.7 Å². The van der Waals surface area contributed by atoms with Crippen molar-refractivity contribution >= 4 is 29.7 Å². The number of carboxylic acids is 2. The van der Waals surface area contributed by atoms with Crippen molar-refractivity contribution in [3.8, 4) is 0 Å². The van der Waals surface area contributed by atoms with Crippen LogP contribution >= 0.6 is 0 Å². The maximum absolute atomic E-state index is 12.7. The predicted octanol–water partition coefficient (Wildman–Crippen LogP) is -1.59. The summed E-state index contributed by atoms with van der Waals surface area (Å²) in [6, 6.07) is -5.29. The number of hydrogen-bond acceptors (Lipinski definition) is 7. The summed E-state index contributed by atoms with van der Waals surface area (Å²) < 4.78 is 0. The van der Waals surface area contributed by atoms with Crippen molar-refractivity contribution in [3.63, 3.8) is 0 Å². The van der Waals surface area contributed by atoms with Gasteiger partial charge in [0.25, 0.3) is 0 Å². The lowest BCUT2D eigenvalue weighted by molar-refractivity contribution is -0.144. The minimum Gasteiger partial charge on any atom is -0.481 e. The van der Waals surface area contributed by atoms with Crippen LogP contribution in [0.5, 0.6) is 0 Å². The summed E-state index contributed by atoms with van der Waals surface area (Å²) >= 11 is 0. The molecular formula is C19H34N4O8. The number of amides is 3. The molecule has 8 N–H and O–H groups in total. The molecule has 31 heavy (non-hydrogen) atoms. The maximum Gasteiger partial charge on any atom is 0.326 e. The fourth-order valence-corrected chi connectivity index (χ4v) is 2.61. The third-order valence-corrected chi connectivity index (χ3v) is 4.40. The fourth-order valence-electron chi connectivity index (χ4n) is 2.61. The molecule has 0 saturated carbocycles. The van der Waals surface area contributed by atoms with Crippen LogP contribution in [0.2, 0.25) is 0 Å². The Balaban J connectivity index is 5.54. The zero-order valence-corrected chi connectivity index (χ0v) is 18.4. The van der Waals surface area contributed by atoms with Crippen LogP contribution in [0.25, 0.3) is 0 Å². The molecule has 5 unspecified atom stereocenters. The van der Waals surface area contributed by atoms with Crippen LogP contribution in [0.1, 0.15) is 47.5 Å². The highest BCUT2D eigenvalue weighted by molar-refractivity contribution is 5.95. The van der Waals surface area contributed by atoms with Gasteiger partial charge in [-0.1, -0.05) is 27.7 Å². The van der Waals surface area contributed by atoms with Crippen LogP contribution in [0.15, 0.2) is 0 Å². The summed E-state index contributed by atoms with van der Waals surface area (Å²) in [5.74, 6) is -5.75. The first-order chi connectivity index (χ1) is 14.2. The number of nitrogens with two attached hydrogens (primary N) is 1. The number of nitrogens with one attached hydrogen (secondary N) is 3. The Morgan fingerprint density at radius 2 is 1.29 bits per heavy atom. The first kappa shape index (κ1) is 28.3. The summed E-state index contributed by atoms with van der Waals surface area (Å²) in [4.78, 5) is 59.9. The van der Waals surface area contributed by atoms with E-state index in [4.69, 9.17) is 10.8 Å². The van der Waals surface area contributed by atoms with Crippen LogP contribution in [-0.4, -0.2) is 75.3 Å². The largest absolute Gasteiger partial charge is 0.481 e. The minimum atomic E-state index is -1.56. The topological polar surface area (TPSA) is 208 Å². The van der Waals surface area contributed by atoms with Crippen molar-refractivity contribution in [1.82, 2.24) is 16.0 Å². The summed E-state index contributed by atoms with van der Waals surface area (Å²) in [6.07, 6.45) is -1.88. The Bertz CT molecular complexity index is 665. The SMILES string of the molecule is CC(C)CC(NC(=O)C(CC(=O)O)NC(=O)C(N)C(C)O)C(=O)NC(C(=O)O)C(C)C. The summed E-state index contributed by atoms with van der Waals surface area (Å²) in [5, 5.41) is 34.7. The van der Waals surface area contributed by atoms with E-state index in [0.717, 1.165) is 0 Å². The molecule has 12 nitrogen and oxygen atoms in total. The number of carbonyl (C=O) groups is 5. The lowest BCUT2D eigenvalue weighted by Crippen LogP contribution is -2.59. The van der Waals surface area contributed by atoms with E-state index in [9.17, 15) is 34.2 Å². The van der Waals surface area contributed by atoms with Crippen molar-refractivity contribution in [2.24, 2.45) is 17.6 Å². The van der Waals surface area contributed by atoms with Crippen LogP contribution in [0, 0.1) is 11.8 Å². The monoisotopic (exact) mass is 446 g/mol. The Kier molecular flexibility index (Phi) is 11.7. The first-order valence-electron chi connectivity index (χ1n) is 9.96. The van der Waals surface area contributed by atoms with Gasteiger partial charge in [-0.2, -0.15) is 0 Å². The second-order valence-electron chi connectivity index (χ2n) is 8.18. The first-order valence-corrected chi connectivity index (χ1v) is 9.96. The van der Waals surface area contributed by atoms with E-state index in [2.05, 4.69) is 16.0 Å². The van der Waals surface area contributed by atoms with Gasteiger partial charge in [0, 0.05) is 0 Å². The number of rotatable bonds is 13. The molecule has 0 aliphatic rings. The van der Waals surface area contributed by atoms with Crippen LogP contribution < -0.4 is 21.7 Å². The molecule has 0 spiro atoms. The van der Waals surface area contributed by atoms with Crippen molar-refractivity contribution in [2.75, 3.05) is 0 Å². The molecule has 3 amide bonds. The van der Waals surface area contributed by atoms with Gasteiger partial charge in [-0.3, -0.25) is 19.2 Å². The number of hydrogen-bond donors (Lipinski definition) is 7. The van der Waals surface area contributed by atoms with E-state index >= 15 is 0 Å². The average molecular weight is 447 g/mol. The highest BCUT2D eigenvalue weighted by Crippen LogP contribution is 2.09. The lowest BCUT2D eigenvalue weighted by atomic mass is 10.00. The van der Waals surface area contributed by atoms with Crippen molar-refractivity contribution < 1.29 is 39.3 Å². The fraction of sp³-hybridized carbons (Fsp3) is 0.737. The third kappa shape index (κ3) is 10.2. The van der Waals surface area contributed by atoms with E-state index in [0.29, 0.717) is 0 Å². The van der Waals surface area contributed by atoms with Gasteiger partial charge in [-0.05, 0) is 25.2 Å². The molecule has 12 heteroatoms. The molecule has 0 bridgehead atoms. The molecule has 0 heterocycles. The second-order valence-corrected chi connectivity index (χ2v) is 8.18. The average Bonchev–Trinajstić information content (AvgIpc) is 2.62. The predicted molar refractivity (Wildman–Crippen MR) is 110 cm³/mol. The summed E-state index contributed by atoms with van der Waals surface area (Å²) in [5.41, 5.74) is 5.51. The van der Waals surface area contributed by atoms with Gasteiger partial charge in [0.05, 0.1) is 12.5 Å². The third-order valence-electron chi connectivity index (χ3n) is 4.40. The van der Waals surface area contributed by atoms with E-state index < -0.39 is 72.3 Å². The van der Waals surface area contributed by atoms with Gasteiger partial charge >= 0.3 is 11.9 Å². The molecule has 0 aromatic rings. The van der Waals surface area contributed by atoms with Crippen molar-refractivity contribution in [1.29, 1.82) is 0 Å². The van der Waals surface area contributed by atoms with Gasteiger partial charge in [-0.15, -0.1) is 0 Å². The molecule has 0 rings (SSSR count). The second kappa shape index (κ2) is 12.8. The summed E-state index contributed by atoms with van der Waals surface area (Å²) in [7, 11) is 0. The molecule has 0 aromatic heterocycles. The summed E-state index contributed by atoms with van der Waals surface area (Å²) in [6.45, 7) is 8.04. The molecule has 0 radical (unpaired) electrons. The molecule has 5 atom stereocenters. The maximum atomic E-state index is 12.7. The van der Waals surface area contributed by atoms with Crippen LogP contribution in [0.3, 0.4) is 0 Å².